The van der Waals surface area contributed by atoms with Gasteiger partial charge in [-0.3, -0.25) is 9.59 Å². The summed E-state index contributed by atoms with van der Waals surface area (Å²) in [6, 6.07) is 1.38. The number of aliphatic hydroxyl groups is 1. The average molecular weight is 484 g/mol. The number of carbonyl (C=O) groups is 2. The van der Waals surface area contributed by atoms with E-state index in [2.05, 4.69) is 30.7 Å². The van der Waals surface area contributed by atoms with Gasteiger partial charge in [0.15, 0.2) is 0 Å². The number of aliphatic hydroxyl groups excluding tert-OH is 1. The van der Waals surface area contributed by atoms with Gasteiger partial charge in [-0.25, -0.2) is 4.98 Å². The quantitative estimate of drug-likeness (QED) is 0.624. The lowest BCUT2D eigenvalue weighted by Gasteiger charge is -2.38. The van der Waals surface area contributed by atoms with Crippen LogP contribution in [0.3, 0.4) is 0 Å². The Morgan fingerprint density at radius 1 is 1.29 bits per heavy atom. The molecule has 1 saturated carbocycles. The van der Waals surface area contributed by atoms with Crippen molar-refractivity contribution in [2.75, 3.05) is 26.7 Å². The van der Waals surface area contributed by atoms with E-state index in [9.17, 15) is 14.7 Å². The van der Waals surface area contributed by atoms with Gasteiger partial charge in [-0.15, -0.1) is 0 Å². The van der Waals surface area contributed by atoms with Crippen molar-refractivity contribution >= 4 is 11.8 Å². The van der Waals surface area contributed by atoms with Gasteiger partial charge in [0.1, 0.15) is 11.7 Å². The summed E-state index contributed by atoms with van der Waals surface area (Å²) in [6.07, 6.45) is 7.38. The summed E-state index contributed by atoms with van der Waals surface area (Å²) in [5.41, 5.74) is 1.01. The first kappa shape index (κ1) is 27.0. The van der Waals surface area contributed by atoms with E-state index < -0.39 is 0 Å². The van der Waals surface area contributed by atoms with Crippen molar-refractivity contribution in [3.8, 4) is 17.7 Å². The predicted octanol–water partition coefficient (Wildman–Crippen LogP) is 3.74. The van der Waals surface area contributed by atoms with E-state index >= 15 is 0 Å². The molecule has 7 heteroatoms. The highest BCUT2D eigenvalue weighted by Gasteiger charge is 2.35. The molecule has 0 aromatic carbocycles. The monoisotopic (exact) mass is 483 g/mol. The second-order valence-corrected chi connectivity index (χ2v) is 10.7. The van der Waals surface area contributed by atoms with Crippen molar-refractivity contribution in [3.63, 3.8) is 0 Å². The number of nitrogens with zero attached hydrogens (tertiary/aromatic N) is 3. The van der Waals surface area contributed by atoms with Gasteiger partial charge in [-0.1, -0.05) is 51.9 Å². The minimum atomic E-state index is -0.353. The van der Waals surface area contributed by atoms with Gasteiger partial charge in [0.25, 0.3) is 5.91 Å². The molecule has 2 amide bonds. The third kappa shape index (κ3) is 6.98. The van der Waals surface area contributed by atoms with E-state index in [1.807, 2.05) is 20.9 Å². The van der Waals surface area contributed by atoms with E-state index in [-0.39, 0.29) is 48.3 Å². The summed E-state index contributed by atoms with van der Waals surface area (Å²) in [5, 5.41) is 9.84. The van der Waals surface area contributed by atoms with Crippen LogP contribution >= 0.6 is 0 Å². The minimum Gasteiger partial charge on any atom is -0.472 e. The second kappa shape index (κ2) is 12.4. The number of rotatable bonds is 6. The fraction of sp³-hybridized carbons (Fsp3) is 0.679. The second-order valence-electron chi connectivity index (χ2n) is 10.7. The van der Waals surface area contributed by atoms with E-state index in [0.29, 0.717) is 30.1 Å². The maximum absolute atomic E-state index is 13.5. The highest BCUT2D eigenvalue weighted by atomic mass is 16.5. The van der Waals surface area contributed by atoms with Gasteiger partial charge in [-0.05, 0) is 31.7 Å². The maximum atomic E-state index is 13.5. The first-order valence-electron chi connectivity index (χ1n) is 13.0. The summed E-state index contributed by atoms with van der Waals surface area (Å²) < 4.78 is 6.32. The number of pyridine rings is 1. The van der Waals surface area contributed by atoms with Crippen molar-refractivity contribution in [2.24, 2.45) is 17.8 Å². The Balaban J connectivity index is 1.88. The van der Waals surface area contributed by atoms with Crippen LogP contribution in [0.1, 0.15) is 82.1 Å². The number of likely N-dealkylation sites (N-methyl/N-ethyl adjacent to an activating group) is 1. The fourth-order valence-electron chi connectivity index (χ4n) is 4.77. The Kier molecular flexibility index (Phi) is 9.56. The summed E-state index contributed by atoms with van der Waals surface area (Å²) in [7, 11) is 1.84. The standard InChI is InChI=1S/C28H41N3O4/c1-19(2)10-9-11-22-14-24-26(29-15-22)35-25(20(3)16-31(28(24)34)21(4)18-32)17-30(5)27(33)23-12-7-6-8-13-23/h14-15,19-21,23,25,32H,6-8,10,12-13,16-18H2,1-5H3/t20-,21+,25+/m0/s1. The van der Waals surface area contributed by atoms with Gasteiger partial charge in [0, 0.05) is 43.6 Å². The van der Waals surface area contributed by atoms with Gasteiger partial charge < -0.3 is 19.6 Å². The van der Waals surface area contributed by atoms with Crippen LogP contribution in [0.25, 0.3) is 0 Å². The molecule has 2 aliphatic rings. The summed E-state index contributed by atoms with van der Waals surface area (Å²) in [4.78, 5) is 34.5. The molecule has 7 nitrogen and oxygen atoms in total. The molecule has 1 N–H and O–H groups in total. The number of carbonyl (C=O) groups excluding carboxylic acids is 2. The Labute approximate surface area is 210 Å². The van der Waals surface area contributed by atoms with E-state index in [1.54, 1.807) is 22.1 Å². The molecule has 1 aromatic rings. The van der Waals surface area contributed by atoms with E-state index in [4.69, 9.17) is 4.74 Å². The molecule has 1 aliphatic heterocycles. The molecule has 3 atom stereocenters. The Morgan fingerprint density at radius 3 is 2.66 bits per heavy atom. The van der Waals surface area contributed by atoms with Crippen molar-refractivity contribution in [1.29, 1.82) is 0 Å². The van der Waals surface area contributed by atoms with Crippen LogP contribution < -0.4 is 4.74 Å². The number of ether oxygens (including phenoxy) is 1. The molecule has 1 aliphatic carbocycles. The molecule has 1 aromatic heterocycles. The van der Waals surface area contributed by atoms with Crippen LogP contribution in [-0.2, 0) is 4.79 Å². The van der Waals surface area contributed by atoms with Gasteiger partial charge in [0.2, 0.25) is 11.8 Å². The molecular formula is C28H41N3O4. The molecule has 0 bridgehead atoms. The van der Waals surface area contributed by atoms with Crippen molar-refractivity contribution in [2.45, 2.75) is 78.4 Å². The van der Waals surface area contributed by atoms with E-state index in [0.717, 1.165) is 32.1 Å². The lowest BCUT2D eigenvalue weighted by atomic mass is 9.88. The van der Waals surface area contributed by atoms with Crippen LogP contribution in [-0.4, -0.2) is 70.6 Å². The third-order valence-electron chi connectivity index (χ3n) is 7.05. The summed E-state index contributed by atoms with van der Waals surface area (Å²) >= 11 is 0. The largest absolute Gasteiger partial charge is 0.472 e. The Hall–Kier alpha value is -2.59. The van der Waals surface area contributed by atoms with Crippen molar-refractivity contribution in [3.05, 3.63) is 23.4 Å². The minimum absolute atomic E-state index is 0.0602. The summed E-state index contributed by atoms with van der Waals surface area (Å²) in [5.74, 6) is 6.93. The highest BCUT2D eigenvalue weighted by Crippen LogP contribution is 2.29. The Bertz CT molecular complexity index is 945. The normalized spacial score (nSPS) is 21.8. The molecule has 35 heavy (non-hydrogen) atoms. The molecule has 2 heterocycles. The van der Waals surface area contributed by atoms with Crippen LogP contribution in [0.2, 0.25) is 0 Å². The van der Waals surface area contributed by atoms with Gasteiger partial charge >= 0.3 is 0 Å². The average Bonchev–Trinajstić information content (AvgIpc) is 2.85. The van der Waals surface area contributed by atoms with Gasteiger partial charge in [0.05, 0.1) is 19.2 Å². The molecular weight excluding hydrogens is 442 g/mol. The van der Waals surface area contributed by atoms with Gasteiger partial charge in [-0.2, -0.15) is 0 Å². The zero-order valence-electron chi connectivity index (χ0n) is 21.9. The van der Waals surface area contributed by atoms with Crippen molar-refractivity contribution < 1.29 is 19.4 Å². The maximum Gasteiger partial charge on any atom is 0.259 e. The zero-order valence-corrected chi connectivity index (χ0v) is 21.9. The van der Waals surface area contributed by atoms with Crippen LogP contribution in [0.4, 0.5) is 0 Å². The SMILES string of the molecule is CC(C)CC#Cc1cnc2c(c1)C(=O)N([C@H](C)CO)C[C@H](C)[C@@H](CN(C)C(=O)C1CCCCC1)O2. The fourth-order valence-corrected chi connectivity index (χ4v) is 4.77. The van der Waals surface area contributed by atoms with Crippen LogP contribution in [0, 0.1) is 29.6 Å². The Morgan fingerprint density at radius 2 is 2.00 bits per heavy atom. The first-order chi connectivity index (χ1) is 16.7. The van der Waals surface area contributed by atoms with Crippen LogP contribution in [0.15, 0.2) is 12.3 Å². The molecule has 0 spiro atoms. The van der Waals surface area contributed by atoms with E-state index in [1.165, 1.54) is 6.42 Å². The highest BCUT2D eigenvalue weighted by molar-refractivity contribution is 5.97. The third-order valence-corrected chi connectivity index (χ3v) is 7.05. The smallest absolute Gasteiger partial charge is 0.259 e. The lowest BCUT2D eigenvalue weighted by Crippen LogP contribution is -2.51. The number of hydrogen-bond acceptors (Lipinski definition) is 5. The molecule has 0 saturated heterocycles. The van der Waals surface area contributed by atoms with Crippen molar-refractivity contribution in [1.82, 2.24) is 14.8 Å². The predicted molar refractivity (Wildman–Crippen MR) is 136 cm³/mol. The topological polar surface area (TPSA) is 83.0 Å². The molecule has 3 rings (SSSR count). The molecule has 1 fully saturated rings. The number of amides is 2. The molecule has 0 unspecified atom stereocenters. The molecule has 192 valence electrons. The zero-order chi connectivity index (χ0) is 25.5. The first-order valence-corrected chi connectivity index (χ1v) is 13.0. The summed E-state index contributed by atoms with van der Waals surface area (Å²) in [6.45, 7) is 8.76. The lowest BCUT2D eigenvalue weighted by molar-refractivity contribution is -0.136. The molecule has 0 radical (unpaired) electrons. The number of fused-ring (bicyclic) bond motifs is 1. The number of aromatic nitrogens is 1. The number of hydrogen-bond donors (Lipinski definition) is 1. The van der Waals surface area contributed by atoms with Crippen LogP contribution in [0.5, 0.6) is 5.88 Å².